The fourth-order valence-electron chi connectivity index (χ4n) is 1.81. The Morgan fingerprint density at radius 2 is 2.00 bits per heavy atom. The summed E-state index contributed by atoms with van der Waals surface area (Å²) in [6.45, 7) is 3.46. The van der Waals surface area contributed by atoms with E-state index in [4.69, 9.17) is 11.6 Å². The van der Waals surface area contributed by atoms with E-state index in [0.29, 0.717) is 22.3 Å². The van der Waals surface area contributed by atoms with Gasteiger partial charge in [0.1, 0.15) is 0 Å². The summed E-state index contributed by atoms with van der Waals surface area (Å²) in [5.41, 5.74) is 1.15. The number of hydrogen-bond donors (Lipinski definition) is 2. The molecule has 2 rings (SSSR count). The molecule has 1 aromatic rings. The molecule has 1 fully saturated rings. The van der Waals surface area contributed by atoms with Crippen LogP contribution < -0.4 is 10.6 Å². The van der Waals surface area contributed by atoms with Gasteiger partial charge in [-0.1, -0.05) is 18.5 Å². The van der Waals surface area contributed by atoms with E-state index in [9.17, 15) is 9.59 Å². The molecule has 0 saturated heterocycles. The van der Waals surface area contributed by atoms with Crippen LogP contribution in [-0.4, -0.2) is 11.8 Å². The number of carbonyl (C=O) groups excluding carboxylic acids is 2. The van der Waals surface area contributed by atoms with Crippen molar-refractivity contribution in [3.63, 3.8) is 0 Å². The molecule has 0 aliphatic heterocycles. The molecule has 0 spiro atoms. The molecule has 18 heavy (non-hydrogen) atoms. The third kappa shape index (κ3) is 3.01. The van der Waals surface area contributed by atoms with Crippen molar-refractivity contribution >= 4 is 34.8 Å². The summed E-state index contributed by atoms with van der Waals surface area (Å²) in [4.78, 5) is 22.8. The minimum atomic E-state index is -0.198. The van der Waals surface area contributed by atoms with Crippen LogP contribution in [0, 0.1) is 11.8 Å². The van der Waals surface area contributed by atoms with Gasteiger partial charge in [-0.3, -0.25) is 9.59 Å². The second-order valence-corrected chi connectivity index (χ2v) is 5.09. The van der Waals surface area contributed by atoms with Crippen LogP contribution >= 0.6 is 11.6 Å². The highest BCUT2D eigenvalue weighted by Crippen LogP contribution is 2.38. The molecule has 2 N–H and O–H groups in total. The van der Waals surface area contributed by atoms with Crippen LogP contribution in [0.25, 0.3) is 0 Å². The smallest absolute Gasteiger partial charge is 0.227 e. The van der Waals surface area contributed by atoms with Gasteiger partial charge >= 0.3 is 0 Å². The number of halogens is 1. The second-order valence-electron chi connectivity index (χ2n) is 4.68. The lowest BCUT2D eigenvalue weighted by Gasteiger charge is -2.09. The van der Waals surface area contributed by atoms with Gasteiger partial charge in [0.15, 0.2) is 0 Å². The minimum Gasteiger partial charge on any atom is -0.326 e. The van der Waals surface area contributed by atoms with Crippen LogP contribution in [0.3, 0.4) is 0 Å². The van der Waals surface area contributed by atoms with E-state index < -0.39 is 0 Å². The summed E-state index contributed by atoms with van der Waals surface area (Å²) in [5, 5.41) is 5.89. The van der Waals surface area contributed by atoms with Gasteiger partial charge in [0, 0.05) is 18.5 Å². The SMILES string of the molecule is CC(=O)Nc1cc(NC(=O)C2CC2C)ccc1Cl. The van der Waals surface area contributed by atoms with Crippen molar-refractivity contribution in [1.29, 1.82) is 0 Å². The molecule has 2 unspecified atom stereocenters. The number of hydrogen-bond acceptors (Lipinski definition) is 2. The molecule has 0 radical (unpaired) electrons. The molecule has 1 saturated carbocycles. The first kappa shape index (κ1) is 12.9. The van der Waals surface area contributed by atoms with Gasteiger partial charge in [-0.25, -0.2) is 0 Å². The first-order valence-corrected chi connectivity index (χ1v) is 6.23. The third-order valence-electron chi connectivity index (χ3n) is 2.99. The molecule has 1 aliphatic rings. The van der Waals surface area contributed by atoms with E-state index in [-0.39, 0.29) is 17.7 Å². The lowest BCUT2D eigenvalue weighted by atomic mass is 10.2. The van der Waals surface area contributed by atoms with Crippen molar-refractivity contribution in [3.05, 3.63) is 23.2 Å². The van der Waals surface area contributed by atoms with Crippen molar-refractivity contribution in [2.75, 3.05) is 10.6 Å². The third-order valence-corrected chi connectivity index (χ3v) is 3.32. The van der Waals surface area contributed by atoms with E-state index in [2.05, 4.69) is 17.6 Å². The number of carbonyl (C=O) groups is 2. The average molecular weight is 267 g/mol. The van der Waals surface area contributed by atoms with Crippen molar-refractivity contribution in [1.82, 2.24) is 0 Å². The molecule has 2 atom stereocenters. The van der Waals surface area contributed by atoms with Gasteiger partial charge in [-0.05, 0) is 30.5 Å². The summed E-state index contributed by atoms with van der Waals surface area (Å²) in [6.07, 6.45) is 0.942. The predicted octanol–water partition coefficient (Wildman–Crippen LogP) is 2.89. The van der Waals surface area contributed by atoms with Gasteiger partial charge in [0.25, 0.3) is 0 Å². The Labute approximate surface area is 111 Å². The Balaban J connectivity index is 2.09. The Kier molecular flexibility index (Phi) is 3.57. The fourth-order valence-corrected chi connectivity index (χ4v) is 1.98. The number of amides is 2. The largest absolute Gasteiger partial charge is 0.326 e. The predicted molar refractivity (Wildman–Crippen MR) is 71.7 cm³/mol. The standard InChI is InChI=1S/C13H15ClN2O2/c1-7-5-10(7)13(18)16-9-3-4-11(14)12(6-9)15-8(2)17/h3-4,6-7,10H,5H2,1-2H3,(H,15,17)(H,16,18). The quantitative estimate of drug-likeness (QED) is 0.884. The molecule has 1 aliphatic carbocycles. The molecule has 96 valence electrons. The fraction of sp³-hybridized carbons (Fsp3) is 0.385. The Hall–Kier alpha value is -1.55. The molecule has 0 aromatic heterocycles. The first-order valence-electron chi connectivity index (χ1n) is 5.85. The van der Waals surface area contributed by atoms with Crippen LogP contribution in [0.2, 0.25) is 5.02 Å². The van der Waals surface area contributed by atoms with Gasteiger partial charge in [0.05, 0.1) is 10.7 Å². The van der Waals surface area contributed by atoms with Crippen LogP contribution in [0.4, 0.5) is 11.4 Å². The Morgan fingerprint density at radius 3 is 2.56 bits per heavy atom. The number of rotatable bonds is 3. The highest BCUT2D eigenvalue weighted by atomic mass is 35.5. The van der Waals surface area contributed by atoms with Gasteiger partial charge in [0.2, 0.25) is 11.8 Å². The first-order chi connectivity index (χ1) is 8.47. The van der Waals surface area contributed by atoms with E-state index in [0.717, 1.165) is 6.42 Å². The minimum absolute atomic E-state index is 0.0265. The summed E-state index contributed by atoms with van der Waals surface area (Å²) in [5.74, 6) is 0.409. The van der Waals surface area contributed by atoms with E-state index in [1.165, 1.54) is 6.92 Å². The maximum atomic E-state index is 11.8. The topological polar surface area (TPSA) is 58.2 Å². The number of benzene rings is 1. The molecule has 4 nitrogen and oxygen atoms in total. The molecule has 0 bridgehead atoms. The number of nitrogens with one attached hydrogen (secondary N) is 2. The van der Waals surface area contributed by atoms with Crippen LogP contribution in [0.1, 0.15) is 20.3 Å². The highest BCUT2D eigenvalue weighted by molar-refractivity contribution is 6.33. The van der Waals surface area contributed by atoms with E-state index >= 15 is 0 Å². The highest BCUT2D eigenvalue weighted by Gasteiger charge is 2.39. The zero-order chi connectivity index (χ0) is 13.3. The molecular weight excluding hydrogens is 252 g/mol. The monoisotopic (exact) mass is 266 g/mol. The van der Waals surface area contributed by atoms with Gasteiger partial charge in [-0.15, -0.1) is 0 Å². The molecule has 5 heteroatoms. The summed E-state index contributed by atoms with van der Waals surface area (Å²) < 4.78 is 0. The zero-order valence-corrected chi connectivity index (χ0v) is 11.0. The van der Waals surface area contributed by atoms with Crippen molar-refractivity contribution in [2.24, 2.45) is 11.8 Å². The van der Waals surface area contributed by atoms with Crippen LogP contribution in [-0.2, 0) is 9.59 Å². The van der Waals surface area contributed by atoms with Crippen LogP contribution in [0.15, 0.2) is 18.2 Å². The van der Waals surface area contributed by atoms with Crippen molar-refractivity contribution in [2.45, 2.75) is 20.3 Å². The van der Waals surface area contributed by atoms with Gasteiger partial charge in [-0.2, -0.15) is 0 Å². The maximum Gasteiger partial charge on any atom is 0.227 e. The van der Waals surface area contributed by atoms with Crippen molar-refractivity contribution in [3.8, 4) is 0 Å². The zero-order valence-electron chi connectivity index (χ0n) is 10.3. The Morgan fingerprint density at radius 1 is 1.33 bits per heavy atom. The van der Waals surface area contributed by atoms with E-state index in [1.807, 2.05) is 0 Å². The average Bonchev–Trinajstić information content (AvgIpc) is 3.00. The summed E-state index contributed by atoms with van der Waals surface area (Å²) in [7, 11) is 0. The lowest BCUT2D eigenvalue weighted by molar-refractivity contribution is -0.117. The second kappa shape index (κ2) is 4.98. The maximum absolute atomic E-state index is 11.8. The molecule has 0 heterocycles. The molecular formula is C13H15ClN2O2. The normalized spacial score (nSPS) is 21.3. The van der Waals surface area contributed by atoms with Gasteiger partial charge < -0.3 is 10.6 Å². The van der Waals surface area contributed by atoms with Crippen molar-refractivity contribution < 1.29 is 9.59 Å². The summed E-state index contributed by atoms with van der Waals surface area (Å²) >= 11 is 5.95. The lowest BCUT2D eigenvalue weighted by Crippen LogP contribution is -2.15. The van der Waals surface area contributed by atoms with Crippen LogP contribution in [0.5, 0.6) is 0 Å². The summed E-state index contributed by atoms with van der Waals surface area (Å²) in [6, 6.07) is 5.03. The molecule has 2 amide bonds. The van der Waals surface area contributed by atoms with E-state index in [1.54, 1.807) is 18.2 Å². The Bertz CT molecular complexity index is 502. The molecule has 1 aromatic carbocycles. The number of anilines is 2.